The van der Waals surface area contributed by atoms with Crippen molar-refractivity contribution >= 4 is 0 Å². The van der Waals surface area contributed by atoms with Gasteiger partial charge in [0.25, 0.3) is 0 Å². The maximum Gasteiger partial charge on any atom is 0.316 e. The summed E-state index contributed by atoms with van der Waals surface area (Å²) in [6.45, 7) is 0.592. The number of ether oxygens (including phenoxy) is 1. The topological polar surface area (TPSA) is 47.9 Å². The van der Waals surface area contributed by atoms with E-state index in [1.807, 2.05) is 18.2 Å². The Labute approximate surface area is 94.4 Å². The molecular formula is C12H12N3O. The van der Waals surface area contributed by atoms with E-state index in [4.69, 9.17) is 4.74 Å². The Morgan fingerprint density at radius 2 is 2.19 bits per heavy atom. The van der Waals surface area contributed by atoms with Gasteiger partial charge in [0, 0.05) is 18.1 Å². The van der Waals surface area contributed by atoms with Crippen LogP contribution in [0.15, 0.2) is 36.7 Å². The fourth-order valence-electron chi connectivity index (χ4n) is 1.29. The van der Waals surface area contributed by atoms with Crippen molar-refractivity contribution in [1.82, 2.24) is 15.0 Å². The predicted octanol–water partition coefficient (Wildman–Crippen LogP) is 1.68. The van der Waals surface area contributed by atoms with Gasteiger partial charge in [-0.05, 0) is 31.0 Å². The molecule has 0 amide bonds. The van der Waals surface area contributed by atoms with Gasteiger partial charge < -0.3 is 4.74 Å². The number of pyridine rings is 1. The Bertz CT molecular complexity index is 364. The molecule has 0 spiro atoms. The number of nitrogens with zero attached hydrogens (tertiary/aromatic N) is 3. The van der Waals surface area contributed by atoms with Gasteiger partial charge in [0.1, 0.15) is 0 Å². The second kappa shape index (κ2) is 5.80. The molecule has 0 bridgehead atoms. The van der Waals surface area contributed by atoms with E-state index in [9.17, 15) is 0 Å². The number of aryl methyl sites for hydroxylation is 1. The summed E-state index contributed by atoms with van der Waals surface area (Å²) >= 11 is 0. The zero-order valence-corrected chi connectivity index (χ0v) is 8.84. The van der Waals surface area contributed by atoms with Gasteiger partial charge in [-0.3, -0.25) is 4.98 Å². The van der Waals surface area contributed by atoms with E-state index < -0.39 is 0 Å². The molecule has 0 unspecified atom stereocenters. The maximum absolute atomic E-state index is 5.35. The molecule has 2 heterocycles. The molecule has 0 saturated carbocycles. The summed E-state index contributed by atoms with van der Waals surface area (Å²) in [5.41, 5.74) is 1.08. The fraction of sp³-hybridized carbons (Fsp3) is 0.250. The smallest absolute Gasteiger partial charge is 0.316 e. The van der Waals surface area contributed by atoms with Crippen molar-refractivity contribution in [2.24, 2.45) is 0 Å². The first-order chi connectivity index (χ1) is 7.95. The van der Waals surface area contributed by atoms with Crippen LogP contribution in [0, 0.1) is 6.20 Å². The summed E-state index contributed by atoms with van der Waals surface area (Å²) < 4.78 is 5.35. The summed E-state index contributed by atoms with van der Waals surface area (Å²) in [6.07, 6.45) is 7.88. The van der Waals surface area contributed by atoms with Crippen LogP contribution in [-0.4, -0.2) is 21.6 Å². The van der Waals surface area contributed by atoms with Gasteiger partial charge >= 0.3 is 6.01 Å². The second-order valence-corrected chi connectivity index (χ2v) is 3.24. The highest BCUT2D eigenvalue weighted by atomic mass is 16.5. The van der Waals surface area contributed by atoms with Crippen LogP contribution in [0.1, 0.15) is 12.1 Å². The normalized spacial score (nSPS) is 10.0. The lowest BCUT2D eigenvalue weighted by Crippen LogP contribution is -2.02. The Morgan fingerprint density at radius 1 is 1.19 bits per heavy atom. The van der Waals surface area contributed by atoms with Crippen LogP contribution in [0.2, 0.25) is 0 Å². The first kappa shape index (κ1) is 10.5. The monoisotopic (exact) mass is 214 g/mol. The van der Waals surface area contributed by atoms with Crippen LogP contribution < -0.4 is 4.74 Å². The van der Waals surface area contributed by atoms with Crippen LogP contribution in [-0.2, 0) is 6.42 Å². The number of hydrogen-bond acceptors (Lipinski definition) is 4. The van der Waals surface area contributed by atoms with Crippen molar-refractivity contribution < 1.29 is 4.74 Å². The number of hydrogen-bond donors (Lipinski definition) is 0. The van der Waals surface area contributed by atoms with E-state index in [2.05, 4.69) is 21.1 Å². The molecule has 0 aromatic carbocycles. The van der Waals surface area contributed by atoms with Crippen molar-refractivity contribution in [2.45, 2.75) is 12.8 Å². The van der Waals surface area contributed by atoms with Crippen molar-refractivity contribution in [2.75, 3.05) is 6.61 Å². The average molecular weight is 214 g/mol. The van der Waals surface area contributed by atoms with Crippen LogP contribution in [0.3, 0.4) is 0 Å². The second-order valence-electron chi connectivity index (χ2n) is 3.24. The minimum absolute atomic E-state index is 0.378. The van der Waals surface area contributed by atoms with Crippen LogP contribution in [0.4, 0.5) is 0 Å². The molecule has 2 aromatic heterocycles. The molecule has 0 fully saturated rings. The van der Waals surface area contributed by atoms with Crippen molar-refractivity contribution in [3.63, 3.8) is 0 Å². The Hall–Kier alpha value is -1.97. The van der Waals surface area contributed by atoms with Gasteiger partial charge in [-0.1, -0.05) is 6.07 Å². The van der Waals surface area contributed by atoms with Gasteiger partial charge in [0.05, 0.1) is 12.8 Å². The highest BCUT2D eigenvalue weighted by Crippen LogP contribution is 2.01. The van der Waals surface area contributed by atoms with E-state index in [-0.39, 0.29) is 0 Å². The van der Waals surface area contributed by atoms with Crippen LogP contribution in [0.25, 0.3) is 0 Å². The molecule has 2 aromatic rings. The molecule has 0 aliphatic rings. The molecular weight excluding hydrogens is 202 g/mol. The maximum atomic E-state index is 5.35. The summed E-state index contributed by atoms with van der Waals surface area (Å²) in [5.74, 6) is 0. The van der Waals surface area contributed by atoms with Crippen molar-refractivity contribution in [3.8, 4) is 6.01 Å². The SMILES string of the molecule is [c]1ccnc(OCCCc2ccccn2)n1. The third-order valence-electron chi connectivity index (χ3n) is 2.03. The highest BCUT2D eigenvalue weighted by Gasteiger charge is 1.96. The summed E-state index contributed by atoms with van der Waals surface area (Å²) in [4.78, 5) is 12.0. The third kappa shape index (κ3) is 3.31. The predicted molar refractivity (Wildman–Crippen MR) is 58.9 cm³/mol. The summed E-state index contributed by atoms with van der Waals surface area (Å²) in [6, 6.07) is 7.92. The Morgan fingerprint density at radius 3 is 2.94 bits per heavy atom. The van der Waals surface area contributed by atoms with Crippen molar-refractivity contribution in [1.29, 1.82) is 0 Å². The quantitative estimate of drug-likeness (QED) is 0.710. The zero-order valence-electron chi connectivity index (χ0n) is 8.84. The third-order valence-corrected chi connectivity index (χ3v) is 2.03. The molecule has 0 aliphatic heterocycles. The van der Waals surface area contributed by atoms with Gasteiger partial charge in [-0.25, -0.2) is 4.98 Å². The Balaban J connectivity index is 1.70. The van der Waals surface area contributed by atoms with E-state index in [0.29, 0.717) is 12.6 Å². The Kier molecular flexibility index (Phi) is 3.82. The fourth-order valence-corrected chi connectivity index (χ4v) is 1.29. The molecule has 4 heteroatoms. The average Bonchev–Trinajstić information content (AvgIpc) is 2.37. The van der Waals surface area contributed by atoms with Gasteiger partial charge in [-0.15, -0.1) is 0 Å². The molecule has 81 valence electrons. The molecule has 0 saturated heterocycles. The molecule has 16 heavy (non-hydrogen) atoms. The molecule has 0 atom stereocenters. The number of rotatable bonds is 5. The zero-order chi connectivity index (χ0) is 11.1. The first-order valence-electron chi connectivity index (χ1n) is 5.17. The first-order valence-corrected chi connectivity index (χ1v) is 5.17. The largest absolute Gasteiger partial charge is 0.463 e. The highest BCUT2D eigenvalue weighted by molar-refractivity contribution is 5.03. The molecule has 1 radical (unpaired) electrons. The van der Waals surface area contributed by atoms with E-state index in [1.165, 1.54) is 0 Å². The summed E-state index contributed by atoms with van der Waals surface area (Å²) in [7, 11) is 0. The molecule has 0 N–H and O–H groups in total. The van der Waals surface area contributed by atoms with Gasteiger partial charge in [-0.2, -0.15) is 4.98 Å². The van der Waals surface area contributed by atoms with Crippen LogP contribution in [0.5, 0.6) is 6.01 Å². The standard InChI is InChI=1S/C12H12N3O/c1-2-7-13-11(5-1)6-3-10-16-12-14-8-4-9-15-12/h1-2,4-5,7-8H,3,6,10H2. The lowest BCUT2D eigenvalue weighted by atomic mass is 10.2. The summed E-state index contributed by atoms with van der Waals surface area (Å²) in [5, 5.41) is 0. The van der Waals surface area contributed by atoms with Crippen molar-refractivity contribution in [3.05, 3.63) is 48.5 Å². The van der Waals surface area contributed by atoms with E-state index in [1.54, 1.807) is 18.5 Å². The van der Waals surface area contributed by atoms with Gasteiger partial charge in [0.2, 0.25) is 0 Å². The number of aromatic nitrogens is 3. The lowest BCUT2D eigenvalue weighted by Gasteiger charge is -2.02. The minimum atomic E-state index is 0.378. The minimum Gasteiger partial charge on any atom is -0.463 e. The van der Waals surface area contributed by atoms with E-state index >= 15 is 0 Å². The van der Waals surface area contributed by atoms with Crippen LogP contribution >= 0.6 is 0 Å². The van der Waals surface area contributed by atoms with Gasteiger partial charge in [0.15, 0.2) is 0 Å². The molecule has 0 aliphatic carbocycles. The molecule has 4 nitrogen and oxygen atoms in total. The van der Waals surface area contributed by atoms with E-state index in [0.717, 1.165) is 18.5 Å². The molecule has 2 rings (SSSR count). The lowest BCUT2D eigenvalue weighted by molar-refractivity contribution is 0.286.